The second kappa shape index (κ2) is 6.79. The monoisotopic (exact) mass is 248 g/mol. The maximum Gasteiger partial charge on any atom is 0.121 e. The Morgan fingerprint density at radius 1 is 1.06 bits per heavy atom. The van der Waals surface area contributed by atoms with Crippen LogP contribution in [-0.2, 0) is 6.54 Å². The highest BCUT2D eigenvalue weighted by molar-refractivity contribution is 5.35. The lowest BCUT2D eigenvalue weighted by Crippen LogP contribution is -3.10. The zero-order valence-corrected chi connectivity index (χ0v) is 11.8. The third-order valence-corrected chi connectivity index (χ3v) is 3.97. The SMILES string of the molecule is COc1ccc(C[NH+]2CCCCCCC2)cc1C. The average molecular weight is 248 g/mol. The predicted octanol–water partition coefficient (Wildman–Crippen LogP) is 2.35. The van der Waals surface area contributed by atoms with Crippen LogP contribution in [-0.4, -0.2) is 20.2 Å². The molecular formula is C16H26NO+. The molecule has 2 rings (SSSR count). The summed E-state index contributed by atoms with van der Waals surface area (Å²) in [5.41, 5.74) is 2.70. The quantitative estimate of drug-likeness (QED) is 0.867. The van der Waals surface area contributed by atoms with Crippen LogP contribution in [0.15, 0.2) is 18.2 Å². The van der Waals surface area contributed by atoms with Gasteiger partial charge in [-0.15, -0.1) is 0 Å². The van der Waals surface area contributed by atoms with Gasteiger partial charge in [-0.1, -0.05) is 6.42 Å². The molecule has 1 aromatic carbocycles. The van der Waals surface area contributed by atoms with Crippen LogP contribution in [0.2, 0.25) is 0 Å². The van der Waals surface area contributed by atoms with Gasteiger partial charge in [-0.3, -0.25) is 0 Å². The molecule has 1 N–H and O–H groups in total. The van der Waals surface area contributed by atoms with E-state index in [1.165, 1.54) is 62.9 Å². The van der Waals surface area contributed by atoms with Crippen LogP contribution in [0.4, 0.5) is 0 Å². The van der Waals surface area contributed by atoms with Gasteiger partial charge >= 0.3 is 0 Å². The first-order valence-corrected chi connectivity index (χ1v) is 7.26. The van der Waals surface area contributed by atoms with Crippen LogP contribution in [0.3, 0.4) is 0 Å². The average Bonchev–Trinajstić information content (AvgIpc) is 2.33. The number of hydrogen-bond donors (Lipinski definition) is 1. The first-order chi connectivity index (χ1) is 8.79. The van der Waals surface area contributed by atoms with Crippen LogP contribution < -0.4 is 9.64 Å². The molecule has 0 saturated carbocycles. The first-order valence-electron chi connectivity index (χ1n) is 7.26. The lowest BCUT2D eigenvalue weighted by molar-refractivity contribution is -0.914. The highest BCUT2D eigenvalue weighted by Crippen LogP contribution is 2.18. The van der Waals surface area contributed by atoms with Crippen LogP contribution >= 0.6 is 0 Å². The summed E-state index contributed by atoms with van der Waals surface area (Å²) in [5.74, 6) is 1.00. The molecule has 1 aliphatic rings. The van der Waals surface area contributed by atoms with Gasteiger partial charge in [0.15, 0.2) is 0 Å². The number of ether oxygens (including phenoxy) is 1. The van der Waals surface area contributed by atoms with E-state index < -0.39 is 0 Å². The largest absolute Gasteiger partial charge is 0.496 e. The van der Waals surface area contributed by atoms with Crippen LogP contribution in [0, 0.1) is 6.92 Å². The first kappa shape index (κ1) is 13.4. The number of rotatable bonds is 3. The van der Waals surface area contributed by atoms with Gasteiger partial charge in [0.1, 0.15) is 12.3 Å². The number of nitrogens with one attached hydrogen (secondary N) is 1. The summed E-state index contributed by atoms with van der Waals surface area (Å²) < 4.78 is 5.32. The molecule has 1 fully saturated rings. The van der Waals surface area contributed by atoms with E-state index >= 15 is 0 Å². The molecule has 0 atom stereocenters. The zero-order chi connectivity index (χ0) is 12.8. The molecule has 1 heterocycles. The van der Waals surface area contributed by atoms with Crippen molar-refractivity contribution in [3.8, 4) is 5.75 Å². The third kappa shape index (κ3) is 3.74. The van der Waals surface area contributed by atoms with Crippen molar-refractivity contribution in [2.75, 3.05) is 20.2 Å². The molecule has 2 nitrogen and oxygen atoms in total. The smallest absolute Gasteiger partial charge is 0.121 e. The maximum atomic E-state index is 5.32. The fourth-order valence-corrected chi connectivity index (χ4v) is 2.92. The Morgan fingerprint density at radius 2 is 1.72 bits per heavy atom. The second-order valence-corrected chi connectivity index (χ2v) is 5.50. The van der Waals surface area contributed by atoms with Crippen molar-refractivity contribution < 1.29 is 9.64 Å². The summed E-state index contributed by atoms with van der Waals surface area (Å²) in [6.07, 6.45) is 7.07. The summed E-state index contributed by atoms with van der Waals surface area (Å²) in [6, 6.07) is 6.61. The van der Waals surface area contributed by atoms with Gasteiger partial charge in [0.05, 0.1) is 20.2 Å². The van der Waals surface area contributed by atoms with E-state index in [-0.39, 0.29) is 0 Å². The van der Waals surface area contributed by atoms with Gasteiger partial charge in [-0.2, -0.15) is 0 Å². The highest BCUT2D eigenvalue weighted by atomic mass is 16.5. The van der Waals surface area contributed by atoms with Crippen molar-refractivity contribution in [2.24, 2.45) is 0 Å². The van der Waals surface area contributed by atoms with E-state index in [0.717, 1.165) is 5.75 Å². The molecule has 0 aliphatic carbocycles. The molecule has 0 aromatic heterocycles. The van der Waals surface area contributed by atoms with Crippen LogP contribution in [0.1, 0.15) is 43.2 Å². The van der Waals surface area contributed by atoms with E-state index in [9.17, 15) is 0 Å². The highest BCUT2D eigenvalue weighted by Gasteiger charge is 2.12. The predicted molar refractivity (Wildman–Crippen MR) is 75.2 cm³/mol. The van der Waals surface area contributed by atoms with Gasteiger partial charge in [0.2, 0.25) is 0 Å². The Labute approximate surface area is 111 Å². The van der Waals surface area contributed by atoms with Gasteiger partial charge in [0.25, 0.3) is 0 Å². The molecule has 0 unspecified atom stereocenters. The van der Waals surface area contributed by atoms with E-state index in [4.69, 9.17) is 4.74 Å². The van der Waals surface area contributed by atoms with Crippen molar-refractivity contribution in [3.63, 3.8) is 0 Å². The van der Waals surface area contributed by atoms with E-state index in [1.54, 1.807) is 12.0 Å². The van der Waals surface area contributed by atoms with Crippen molar-refractivity contribution in [2.45, 2.75) is 45.6 Å². The molecule has 0 bridgehead atoms. The topological polar surface area (TPSA) is 13.7 Å². The van der Waals surface area contributed by atoms with E-state index in [2.05, 4.69) is 25.1 Å². The lowest BCUT2D eigenvalue weighted by atomic mass is 10.1. The molecule has 0 radical (unpaired) electrons. The third-order valence-electron chi connectivity index (χ3n) is 3.97. The van der Waals surface area contributed by atoms with Crippen LogP contribution in [0.5, 0.6) is 5.75 Å². The van der Waals surface area contributed by atoms with E-state index in [0.29, 0.717) is 0 Å². The fourth-order valence-electron chi connectivity index (χ4n) is 2.92. The zero-order valence-electron chi connectivity index (χ0n) is 11.8. The second-order valence-electron chi connectivity index (χ2n) is 5.50. The normalized spacial score (nSPS) is 18.1. The Bertz CT molecular complexity index is 367. The van der Waals surface area contributed by atoms with Crippen LogP contribution in [0.25, 0.3) is 0 Å². The molecule has 1 aliphatic heterocycles. The fraction of sp³-hybridized carbons (Fsp3) is 0.625. The van der Waals surface area contributed by atoms with Crippen molar-refractivity contribution >= 4 is 0 Å². The number of benzene rings is 1. The maximum absolute atomic E-state index is 5.32. The number of aryl methyl sites for hydroxylation is 1. The van der Waals surface area contributed by atoms with Gasteiger partial charge in [-0.05, 0) is 56.4 Å². The minimum absolute atomic E-state index is 1.00. The molecule has 1 aromatic rings. The van der Waals surface area contributed by atoms with Crippen molar-refractivity contribution in [1.29, 1.82) is 0 Å². The Hall–Kier alpha value is -1.02. The molecule has 18 heavy (non-hydrogen) atoms. The molecule has 1 saturated heterocycles. The van der Waals surface area contributed by atoms with Crippen molar-refractivity contribution in [1.82, 2.24) is 0 Å². The summed E-state index contributed by atoms with van der Waals surface area (Å²) in [4.78, 5) is 1.75. The lowest BCUT2D eigenvalue weighted by Gasteiger charge is -2.22. The number of hydrogen-bond acceptors (Lipinski definition) is 1. The number of methoxy groups -OCH3 is 1. The summed E-state index contributed by atoms with van der Waals surface area (Å²) >= 11 is 0. The Balaban J connectivity index is 1.96. The summed E-state index contributed by atoms with van der Waals surface area (Å²) in [5, 5.41) is 0. The molecule has 100 valence electrons. The molecule has 2 heteroatoms. The number of quaternary nitrogens is 1. The molecule has 0 spiro atoms. The molecular weight excluding hydrogens is 222 g/mol. The van der Waals surface area contributed by atoms with Gasteiger partial charge in [-0.25, -0.2) is 0 Å². The van der Waals surface area contributed by atoms with Gasteiger partial charge < -0.3 is 9.64 Å². The minimum atomic E-state index is 1.00. The van der Waals surface area contributed by atoms with Crippen molar-refractivity contribution in [3.05, 3.63) is 29.3 Å². The summed E-state index contributed by atoms with van der Waals surface area (Å²) in [7, 11) is 1.74. The molecule has 0 amide bonds. The Kier molecular flexibility index (Phi) is 5.06. The number of likely N-dealkylation sites (tertiary alicyclic amines) is 1. The Morgan fingerprint density at radius 3 is 2.33 bits per heavy atom. The van der Waals surface area contributed by atoms with E-state index in [1.807, 2.05) is 0 Å². The summed E-state index contributed by atoms with van der Waals surface area (Å²) in [6.45, 7) is 5.98. The standard InChI is InChI=1S/C16H25NO/c1-14-12-15(8-9-16(14)18-2)13-17-10-6-4-3-5-7-11-17/h8-9,12H,3-7,10-11,13H2,1-2H3/p+1. The van der Waals surface area contributed by atoms with Gasteiger partial charge in [0, 0.05) is 5.56 Å². The minimum Gasteiger partial charge on any atom is -0.496 e.